The Morgan fingerprint density at radius 2 is 2.21 bits per heavy atom. The summed E-state index contributed by atoms with van der Waals surface area (Å²) in [5.74, 6) is -0.487. The summed E-state index contributed by atoms with van der Waals surface area (Å²) in [6, 6.07) is 5.28. The molecule has 1 aromatic rings. The molecular weight excluding hydrogens is 265 g/mol. The van der Waals surface area contributed by atoms with E-state index in [1.165, 1.54) is 17.8 Å². The summed E-state index contributed by atoms with van der Waals surface area (Å²) in [6.07, 6.45) is 0. The maximum Gasteiger partial charge on any atom is 0.316 e. The van der Waals surface area contributed by atoms with Crippen LogP contribution in [0.15, 0.2) is 23.1 Å². The molecule has 0 radical (unpaired) electrons. The van der Waals surface area contributed by atoms with E-state index in [0.29, 0.717) is 24.1 Å². The number of ether oxygens (including phenoxy) is 1. The molecule has 1 rings (SSSR count). The average molecular weight is 285 g/mol. The molecule has 5 heteroatoms. The van der Waals surface area contributed by atoms with Crippen LogP contribution >= 0.6 is 11.8 Å². The summed E-state index contributed by atoms with van der Waals surface area (Å²) >= 11 is 1.18. The van der Waals surface area contributed by atoms with E-state index >= 15 is 0 Å². The van der Waals surface area contributed by atoms with Crippen molar-refractivity contribution in [1.29, 1.82) is 0 Å². The van der Waals surface area contributed by atoms with Gasteiger partial charge in [0.1, 0.15) is 5.82 Å². The van der Waals surface area contributed by atoms with Gasteiger partial charge in [-0.25, -0.2) is 4.39 Å². The molecule has 0 atom stereocenters. The van der Waals surface area contributed by atoms with E-state index < -0.39 is 0 Å². The molecule has 0 heterocycles. The van der Waals surface area contributed by atoms with Crippen LogP contribution in [0.2, 0.25) is 0 Å². The fourth-order valence-corrected chi connectivity index (χ4v) is 2.38. The predicted molar refractivity (Wildman–Crippen MR) is 75.7 cm³/mol. The molecule has 0 unspecified atom stereocenters. The molecule has 0 amide bonds. The molecule has 0 saturated heterocycles. The minimum atomic E-state index is -0.321. The lowest BCUT2D eigenvalue weighted by Gasteiger charge is -2.12. The summed E-state index contributed by atoms with van der Waals surface area (Å²) in [7, 11) is 0. The van der Waals surface area contributed by atoms with Gasteiger partial charge < -0.3 is 10.1 Å². The zero-order valence-electron chi connectivity index (χ0n) is 11.5. The lowest BCUT2D eigenvalue weighted by atomic mass is 10.2. The van der Waals surface area contributed by atoms with E-state index in [1.54, 1.807) is 13.0 Å². The first-order valence-electron chi connectivity index (χ1n) is 6.33. The van der Waals surface area contributed by atoms with Crippen molar-refractivity contribution in [2.45, 2.75) is 38.3 Å². The number of benzene rings is 1. The molecule has 19 heavy (non-hydrogen) atoms. The minimum absolute atomic E-state index is 0.128. The highest BCUT2D eigenvalue weighted by Gasteiger charge is 2.12. The third-order valence-electron chi connectivity index (χ3n) is 2.39. The molecule has 0 aliphatic rings. The van der Waals surface area contributed by atoms with Crippen molar-refractivity contribution in [3.8, 4) is 0 Å². The Labute approximate surface area is 117 Å². The highest BCUT2D eigenvalue weighted by molar-refractivity contribution is 8.00. The first kappa shape index (κ1) is 16.0. The van der Waals surface area contributed by atoms with E-state index in [-0.39, 0.29) is 17.5 Å². The van der Waals surface area contributed by atoms with Gasteiger partial charge in [-0.15, -0.1) is 11.8 Å². The van der Waals surface area contributed by atoms with Gasteiger partial charge >= 0.3 is 5.97 Å². The van der Waals surface area contributed by atoms with Crippen molar-refractivity contribution in [1.82, 2.24) is 5.32 Å². The summed E-state index contributed by atoms with van der Waals surface area (Å²) in [6.45, 7) is 6.75. The summed E-state index contributed by atoms with van der Waals surface area (Å²) < 4.78 is 18.7. The van der Waals surface area contributed by atoms with Gasteiger partial charge in [-0.05, 0) is 18.6 Å². The largest absolute Gasteiger partial charge is 0.465 e. The Morgan fingerprint density at radius 3 is 2.84 bits per heavy atom. The number of esters is 1. The maximum absolute atomic E-state index is 13.8. The van der Waals surface area contributed by atoms with Crippen molar-refractivity contribution in [2.75, 3.05) is 12.4 Å². The van der Waals surface area contributed by atoms with Crippen LogP contribution in [-0.2, 0) is 16.1 Å². The molecule has 0 spiro atoms. The second-order valence-corrected chi connectivity index (χ2v) is 5.34. The molecule has 3 nitrogen and oxygen atoms in total. The van der Waals surface area contributed by atoms with Crippen molar-refractivity contribution in [3.63, 3.8) is 0 Å². The number of carbonyl (C=O) groups is 1. The van der Waals surface area contributed by atoms with Crippen LogP contribution in [0.5, 0.6) is 0 Å². The SMILES string of the molecule is CCOC(=O)CSc1c(F)cccc1CNC(C)C. The quantitative estimate of drug-likeness (QED) is 0.617. The Hall–Kier alpha value is -1.07. The zero-order chi connectivity index (χ0) is 14.3. The van der Waals surface area contributed by atoms with Gasteiger partial charge in [0.05, 0.1) is 12.4 Å². The minimum Gasteiger partial charge on any atom is -0.465 e. The number of rotatable bonds is 7. The normalized spacial score (nSPS) is 10.8. The highest BCUT2D eigenvalue weighted by atomic mass is 32.2. The molecule has 0 aromatic heterocycles. The lowest BCUT2D eigenvalue weighted by Crippen LogP contribution is -2.22. The lowest BCUT2D eigenvalue weighted by molar-refractivity contribution is -0.139. The van der Waals surface area contributed by atoms with Crippen LogP contribution in [0.3, 0.4) is 0 Å². The Balaban J connectivity index is 2.71. The highest BCUT2D eigenvalue weighted by Crippen LogP contribution is 2.26. The number of hydrogen-bond acceptors (Lipinski definition) is 4. The van der Waals surface area contributed by atoms with E-state index in [9.17, 15) is 9.18 Å². The summed E-state index contributed by atoms with van der Waals surface area (Å²) in [4.78, 5) is 11.8. The average Bonchev–Trinajstić information content (AvgIpc) is 2.35. The number of halogens is 1. The Morgan fingerprint density at radius 1 is 1.47 bits per heavy atom. The van der Waals surface area contributed by atoms with Crippen molar-refractivity contribution in [2.24, 2.45) is 0 Å². The van der Waals surface area contributed by atoms with Crippen molar-refractivity contribution in [3.05, 3.63) is 29.6 Å². The van der Waals surface area contributed by atoms with Crippen LogP contribution < -0.4 is 5.32 Å². The van der Waals surface area contributed by atoms with Gasteiger partial charge in [-0.1, -0.05) is 26.0 Å². The van der Waals surface area contributed by atoms with E-state index in [2.05, 4.69) is 5.32 Å². The number of nitrogens with one attached hydrogen (secondary N) is 1. The fourth-order valence-electron chi connectivity index (χ4n) is 1.50. The molecular formula is C14H20FNO2S. The first-order valence-corrected chi connectivity index (χ1v) is 7.32. The second-order valence-electron chi connectivity index (χ2n) is 4.36. The first-order chi connectivity index (χ1) is 9.04. The zero-order valence-corrected chi connectivity index (χ0v) is 12.3. The van der Waals surface area contributed by atoms with Gasteiger partial charge in [-0.2, -0.15) is 0 Å². The molecule has 0 bridgehead atoms. The van der Waals surface area contributed by atoms with Crippen LogP contribution in [0.1, 0.15) is 26.3 Å². The summed E-state index contributed by atoms with van der Waals surface area (Å²) in [5, 5.41) is 3.25. The number of hydrogen-bond donors (Lipinski definition) is 1. The molecule has 0 aliphatic heterocycles. The van der Waals surface area contributed by atoms with Crippen molar-refractivity contribution < 1.29 is 13.9 Å². The van der Waals surface area contributed by atoms with E-state index in [4.69, 9.17) is 4.74 Å². The van der Waals surface area contributed by atoms with Gasteiger partial charge in [0.2, 0.25) is 0 Å². The van der Waals surface area contributed by atoms with Crippen LogP contribution in [0.25, 0.3) is 0 Å². The molecule has 1 aromatic carbocycles. The van der Waals surface area contributed by atoms with Crippen LogP contribution in [0.4, 0.5) is 4.39 Å². The van der Waals surface area contributed by atoms with Crippen LogP contribution in [0, 0.1) is 5.82 Å². The topological polar surface area (TPSA) is 38.3 Å². The van der Waals surface area contributed by atoms with Crippen molar-refractivity contribution >= 4 is 17.7 Å². The molecule has 106 valence electrons. The predicted octanol–water partition coefficient (Wildman–Crippen LogP) is 2.98. The second kappa shape index (κ2) is 8.17. The van der Waals surface area contributed by atoms with E-state index in [1.807, 2.05) is 19.9 Å². The van der Waals surface area contributed by atoms with Gasteiger partial charge in [0, 0.05) is 17.5 Å². The van der Waals surface area contributed by atoms with Gasteiger partial charge in [-0.3, -0.25) is 4.79 Å². The Kier molecular flexibility index (Phi) is 6.87. The van der Waals surface area contributed by atoms with Gasteiger partial charge in [0.25, 0.3) is 0 Å². The van der Waals surface area contributed by atoms with Crippen LogP contribution in [-0.4, -0.2) is 24.4 Å². The molecule has 1 N–H and O–H groups in total. The number of thioether (sulfide) groups is 1. The third-order valence-corrected chi connectivity index (χ3v) is 3.51. The molecule has 0 saturated carbocycles. The maximum atomic E-state index is 13.8. The molecule has 0 fully saturated rings. The van der Waals surface area contributed by atoms with Gasteiger partial charge in [0.15, 0.2) is 0 Å². The third kappa shape index (κ3) is 5.61. The Bertz CT molecular complexity index is 424. The molecule has 0 aliphatic carbocycles. The smallest absolute Gasteiger partial charge is 0.316 e. The number of carbonyl (C=O) groups excluding carboxylic acids is 1. The monoisotopic (exact) mass is 285 g/mol. The standard InChI is InChI=1S/C14H20FNO2S/c1-4-18-13(17)9-19-14-11(8-16-10(2)3)6-5-7-12(14)15/h5-7,10,16H,4,8-9H2,1-3H3. The fraction of sp³-hybridized carbons (Fsp3) is 0.500. The van der Waals surface area contributed by atoms with E-state index in [0.717, 1.165) is 5.56 Å². The summed E-state index contributed by atoms with van der Waals surface area (Å²) in [5.41, 5.74) is 0.864.